The zero-order valence-electron chi connectivity index (χ0n) is 9.20. The topological polar surface area (TPSA) is 29.5 Å². The van der Waals surface area contributed by atoms with Crippen LogP contribution in [0, 0.1) is 0 Å². The van der Waals surface area contributed by atoms with E-state index in [1.807, 2.05) is 0 Å². The Bertz CT molecular complexity index is 400. The van der Waals surface area contributed by atoms with E-state index in [9.17, 15) is 4.79 Å². The third kappa shape index (κ3) is 2.14. The van der Waals surface area contributed by atoms with Crippen molar-refractivity contribution < 1.29 is 9.53 Å². The number of halogens is 1. The average Bonchev–Trinajstić information content (AvgIpc) is 2.82. The predicted octanol–water partition coefficient (Wildman–Crippen LogP) is 2.73. The molecular formula is C12H14ClNO2. The molecule has 3 nitrogen and oxygen atoms in total. The number of anilines is 1. The molecule has 2 rings (SSSR count). The zero-order valence-corrected chi connectivity index (χ0v) is 9.96. The van der Waals surface area contributed by atoms with Crippen LogP contribution in [0.5, 0.6) is 0 Å². The van der Waals surface area contributed by atoms with Crippen molar-refractivity contribution in [2.75, 3.05) is 25.1 Å². The van der Waals surface area contributed by atoms with Crippen LogP contribution in [0.25, 0.3) is 0 Å². The maximum Gasteiger partial charge on any atom is 0.337 e. The Kier molecular flexibility index (Phi) is 3.34. The molecule has 1 aromatic rings. The van der Waals surface area contributed by atoms with Crippen molar-refractivity contribution in [3.8, 4) is 0 Å². The van der Waals surface area contributed by atoms with Crippen molar-refractivity contribution in [2.45, 2.75) is 12.8 Å². The van der Waals surface area contributed by atoms with E-state index in [4.69, 9.17) is 16.3 Å². The molecule has 0 N–H and O–H groups in total. The van der Waals surface area contributed by atoms with E-state index < -0.39 is 0 Å². The summed E-state index contributed by atoms with van der Waals surface area (Å²) in [4.78, 5) is 13.6. The molecule has 0 amide bonds. The standard InChI is InChI=1S/C12H14ClNO2/c1-16-12(15)9-4-5-10(13)11(8-9)14-6-2-3-7-14/h4-5,8H,2-3,6-7H2,1H3. The maximum absolute atomic E-state index is 11.4. The molecule has 0 spiro atoms. The smallest absolute Gasteiger partial charge is 0.337 e. The van der Waals surface area contributed by atoms with Crippen molar-refractivity contribution in [3.05, 3.63) is 28.8 Å². The summed E-state index contributed by atoms with van der Waals surface area (Å²) >= 11 is 6.13. The Morgan fingerprint density at radius 2 is 2.06 bits per heavy atom. The second-order valence-corrected chi connectivity index (χ2v) is 4.26. The lowest BCUT2D eigenvalue weighted by atomic mass is 10.2. The van der Waals surface area contributed by atoms with E-state index in [2.05, 4.69) is 4.90 Å². The first-order valence-electron chi connectivity index (χ1n) is 5.35. The fourth-order valence-corrected chi connectivity index (χ4v) is 2.19. The summed E-state index contributed by atoms with van der Waals surface area (Å²) in [6.45, 7) is 2.01. The largest absolute Gasteiger partial charge is 0.465 e. The van der Waals surface area contributed by atoms with Gasteiger partial charge in [-0.25, -0.2) is 4.79 Å². The third-order valence-corrected chi connectivity index (χ3v) is 3.13. The summed E-state index contributed by atoms with van der Waals surface area (Å²) in [7, 11) is 1.38. The molecule has 1 aliphatic heterocycles. The number of hydrogen-bond acceptors (Lipinski definition) is 3. The quantitative estimate of drug-likeness (QED) is 0.744. The van der Waals surface area contributed by atoms with Crippen LogP contribution >= 0.6 is 11.6 Å². The van der Waals surface area contributed by atoms with Gasteiger partial charge in [-0.05, 0) is 31.0 Å². The molecule has 1 aliphatic rings. The average molecular weight is 240 g/mol. The van der Waals surface area contributed by atoms with Crippen LogP contribution in [-0.4, -0.2) is 26.2 Å². The Morgan fingerprint density at radius 1 is 1.38 bits per heavy atom. The number of carbonyl (C=O) groups excluding carboxylic acids is 1. The number of nitrogens with zero attached hydrogens (tertiary/aromatic N) is 1. The summed E-state index contributed by atoms with van der Waals surface area (Å²) in [5, 5.41) is 0.689. The molecule has 1 fully saturated rings. The molecule has 0 aliphatic carbocycles. The van der Waals surface area contributed by atoms with Crippen molar-refractivity contribution in [1.82, 2.24) is 0 Å². The van der Waals surface area contributed by atoms with Gasteiger partial charge in [0.2, 0.25) is 0 Å². The number of benzene rings is 1. The molecule has 1 heterocycles. The van der Waals surface area contributed by atoms with E-state index in [-0.39, 0.29) is 5.97 Å². The number of rotatable bonds is 2. The van der Waals surface area contributed by atoms with Gasteiger partial charge in [-0.2, -0.15) is 0 Å². The van der Waals surface area contributed by atoms with Crippen molar-refractivity contribution >= 4 is 23.3 Å². The fourth-order valence-electron chi connectivity index (χ4n) is 1.96. The van der Waals surface area contributed by atoms with Gasteiger partial charge in [0.05, 0.1) is 23.4 Å². The van der Waals surface area contributed by atoms with E-state index in [0.29, 0.717) is 10.6 Å². The molecular weight excluding hydrogens is 226 g/mol. The maximum atomic E-state index is 11.4. The van der Waals surface area contributed by atoms with Gasteiger partial charge in [0.25, 0.3) is 0 Å². The molecule has 16 heavy (non-hydrogen) atoms. The van der Waals surface area contributed by atoms with Crippen molar-refractivity contribution in [3.63, 3.8) is 0 Å². The molecule has 86 valence electrons. The number of methoxy groups -OCH3 is 1. The summed E-state index contributed by atoms with van der Waals surface area (Å²) in [5.41, 5.74) is 1.48. The number of carbonyl (C=O) groups is 1. The van der Waals surface area contributed by atoms with Crippen LogP contribution in [0.3, 0.4) is 0 Å². The van der Waals surface area contributed by atoms with Crippen LogP contribution < -0.4 is 4.90 Å². The van der Waals surface area contributed by atoms with E-state index >= 15 is 0 Å². The summed E-state index contributed by atoms with van der Waals surface area (Å²) in [6, 6.07) is 5.24. The van der Waals surface area contributed by atoms with Gasteiger partial charge in [-0.15, -0.1) is 0 Å². The number of ether oxygens (including phenoxy) is 1. The van der Waals surface area contributed by atoms with Crippen LogP contribution in [0.4, 0.5) is 5.69 Å². The second-order valence-electron chi connectivity index (χ2n) is 3.85. The van der Waals surface area contributed by atoms with Gasteiger partial charge < -0.3 is 9.64 Å². The first-order valence-corrected chi connectivity index (χ1v) is 5.73. The highest BCUT2D eigenvalue weighted by molar-refractivity contribution is 6.33. The minimum Gasteiger partial charge on any atom is -0.465 e. The molecule has 4 heteroatoms. The summed E-state index contributed by atoms with van der Waals surface area (Å²) in [5.74, 6) is -0.322. The van der Waals surface area contributed by atoms with Crippen LogP contribution in [0.1, 0.15) is 23.2 Å². The Balaban J connectivity index is 2.32. The predicted molar refractivity (Wildman–Crippen MR) is 64.2 cm³/mol. The fraction of sp³-hybridized carbons (Fsp3) is 0.417. The lowest BCUT2D eigenvalue weighted by Crippen LogP contribution is -2.18. The van der Waals surface area contributed by atoms with E-state index in [1.165, 1.54) is 20.0 Å². The van der Waals surface area contributed by atoms with E-state index in [1.54, 1.807) is 18.2 Å². The van der Waals surface area contributed by atoms with Gasteiger partial charge in [-0.1, -0.05) is 11.6 Å². The highest BCUT2D eigenvalue weighted by atomic mass is 35.5. The van der Waals surface area contributed by atoms with Gasteiger partial charge in [0.1, 0.15) is 0 Å². The van der Waals surface area contributed by atoms with Gasteiger partial charge >= 0.3 is 5.97 Å². The second kappa shape index (κ2) is 4.74. The van der Waals surface area contributed by atoms with Crippen LogP contribution in [0.15, 0.2) is 18.2 Å². The first kappa shape index (κ1) is 11.3. The van der Waals surface area contributed by atoms with Gasteiger partial charge in [0.15, 0.2) is 0 Å². The minimum absolute atomic E-state index is 0.322. The minimum atomic E-state index is -0.322. The molecule has 0 aromatic heterocycles. The molecule has 1 aromatic carbocycles. The lowest BCUT2D eigenvalue weighted by Gasteiger charge is -2.19. The van der Waals surface area contributed by atoms with Crippen molar-refractivity contribution in [2.24, 2.45) is 0 Å². The molecule has 0 unspecified atom stereocenters. The third-order valence-electron chi connectivity index (χ3n) is 2.81. The number of hydrogen-bond donors (Lipinski definition) is 0. The normalized spacial score (nSPS) is 15.2. The van der Waals surface area contributed by atoms with Crippen LogP contribution in [0.2, 0.25) is 5.02 Å². The van der Waals surface area contributed by atoms with Crippen molar-refractivity contribution in [1.29, 1.82) is 0 Å². The van der Waals surface area contributed by atoms with Gasteiger partial charge in [0, 0.05) is 13.1 Å². The highest BCUT2D eigenvalue weighted by Gasteiger charge is 2.17. The molecule has 0 radical (unpaired) electrons. The van der Waals surface area contributed by atoms with Gasteiger partial charge in [-0.3, -0.25) is 0 Å². The molecule has 0 bridgehead atoms. The lowest BCUT2D eigenvalue weighted by molar-refractivity contribution is 0.0601. The Labute approximate surface area is 100.0 Å². The molecule has 0 atom stereocenters. The monoisotopic (exact) mass is 239 g/mol. The zero-order chi connectivity index (χ0) is 11.5. The molecule has 1 saturated heterocycles. The highest BCUT2D eigenvalue weighted by Crippen LogP contribution is 2.29. The summed E-state index contributed by atoms with van der Waals surface area (Å²) < 4.78 is 4.69. The molecule has 0 saturated carbocycles. The summed E-state index contributed by atoms with van der Waals surface area (Å²) in [6.07, 6.45) is 2.36. The van der Waals surface area contributed by atoms with Crippen LogP contribution in [-0.2, 0) is 4.74 Å². The SMILES string of the molecule is COC(=O)c1ccc(Cl)c(N2CCCC2)c1. The number of esters is 1. The first-order chi connectivity index (χ1) is 7.72. The Morgan fingerprint density at radius 3 is 2.69 bits per heavy atom. The Hall–Kier alpha value is -1.22. The van der Waals surface area contributed by atoms with E-state index in [0.717, 1.165) is 18.8 Å².